The van der Waals surface area contributed by atoms with Gasteiger partial charge in [0.25, 0.3) is 0 Å². The molecule has 0 aliphatic carbocycles. The minimum atomic E-state index is 0.181. The van der Waals surface area contributed by atoms with Gasteiger partial charge < -0.3 is 0 Å². The number of hydrazine groups is 1. The molecule has 0 saturated heterocycles. The van der Waals surface area contributed by atoms with Crippen LogP contribution in [0.3, 0.4) is 0 Å². The van der Waals surface area contributed by atoms with Crippen LogP contribution in [0.15, 0.2) is 54.6 Å². The van der Waals surface area contributed by atoms with Crippen LogP contribution in [0.25, 0.3) is 10.9 Å². The molecule has 0 atom stereocenters. The third-order valence-corrected chi connectivity index (χ3v) is 2.99. The lowest BCUT2D eigenvalue weighted by Gasteiger charge is -2.19. The topological polar surface area (TPSA) is 55.0 Å². The SMILES string of the molecule is NN(c1ccccc1)c1nc(Cl)nc2ccccc12. The number of hydrogen-bond donors (Lipinski definition) is 1. The first kappa shape index (κ1) is 11.9. The number of benzene rings is 2. The molecule has 3 rings (SSSR count). The number of halogens is 1. The quantitative estimate of drug-likeness (QED) is 0.441. The van der Waals surface area contributed by atoms with Gasteiger partial charge in [-0.15, -0.1) is 0 Å². The predicted octanol–water partition coefficient (Wildman–Crippen LogP) is 3.30. The minimum absolute atomic E-state index is 0.181. The Bertz CT molecular complexity index is 715. The summed E-state index contributed by atoms with van der Waals surface area (Å²) in [5, 5.41) is 2.55. The summed E-state index contributed by atoms with van der Waals surface area (Å²) in [6.45, 7) is 0. The van der Waals surface area contributed by atoms with E-state index in [0.717, 1.165) is 16.6 Å². The van der Waals surface area contributed by atoms with Crippen molar-refractivity contribution < 1.29 is 0 Å². The molecule has 2 N–H and O–H groups in total. The Morgan fingerprint density at radius 3 is 2.37 bits per heavy atom. The van der Waals surface area contributed by atoms with Crippen molar-refractivity contribution >= 4 is 34.0 Å². The predicted molar refractivity (Wildman–Crippen MR) is 77.3 cm³/mol. The minimum Gasteiger partial charge on any atom is -0.262 e. The van der Waals surface area contributed by atoms with Crippen LogP contribution >= 0.6 is 11.6 Å². The zero-order valence-electron chi connectivity index (χ0n) is 9.99. The van der Waals surface area contributed by atoms with Crippen LogP contribution in [0, 0.1) is 0 Å². The van der Waals surface area contributed by atoms with Gasteiger partial charge in [-0.25, -0.2) is 10.8 Å². The summed E-state index contributed by atoms with van der Waals surface area (Å²) in [7, 11) is 0. The van der Waals surface area contributed by atoms with Crippen molar-refractivity contribution in [2.24, 2.45) is 5.84 Å². The highest BCUT2D eigenvalue weighted by Crippen LogP contribution is 2.28. The Kier molecular flexibility index (Phi) is 3.03. The fraction of sp³-hybridized carbons (Fsp3) is 0. The van der Waals surface area contributed by atoms with E-state index in [1.807, 2.05) is 54.6 Å². The van der Waals surface area contributed by atoms with Gasteiger partial charge in [-0.2, -0.15) is 4.98 Å². The summed E-state index contributed by atoms with van der Waals surface area (Å²) in [4.78, 5) is 8.42. The van der Waals surface area contributed by atoms with Gasteiger partial charge in [-0.05, 0) is 35.9 Å². The number of hydrogen-bond acceptors (Lipinski definition) is 4. The van der Waals surface area contributed by atoms with Gasteiger partial charge in [0.1, 0.15) is 0 Å². The molecular weight excluding hydrogens is 260 g/mol. The van der Waals surface area contributed by atoms with E-state index in [1.54, 1.807) is 0 Å². The van der Waals surface area contributed by atoms with Crippen molar-refractivity contribution in [1.29, 1.82) is 0 Å². The Morgan fingerprint density at radius 2 is 1.58 bits per heavy atom. The molecule has 0 spiro atoms. The van der Waals surface area contributed by atoms with Crippen LogP contribution < -0.4 is 10.9 Å². The third-order valence-electron chi connectivity index (χ3n) is 2.82. The largest absolute Gasteiger partial charge is 0.262 e. The molecule has 94 valence electrons. The molecule has 0 radical (unpaired) electrons. The van der Waals surface area contributed by atoms with Crippen LogP contribution in [0.1, 0.15) is 0 Å². The van der Waals surface area contributed by atoms with Crippen LogP contribution in [0.4, 0.5) is 11.5 Å². The smallest absolute Gasteiger partial charge is 0.224 e. The maximum Gasteiger partial charge on any atom is 0.224 e. The summed E-state index contributed by atoms with van der Waals surface area (Å²) in [5.74, 6) is 6.72. The third kappa shape index (κ3) is 2.23. The molecule has 0 aliphatic rings. The van der Waals surface area contributed by atoms with Crippen molar-refractivity contribution in [2.75, 3.05) is 5.01 Å². The van der Waals surface area contributed by atoms with E-state index in [4.69, 9.17) is 17.4 Å². The second kappa shape index (κ2) is 4.84. The Balaban J connectivity index is 2.19. The van der Waals surface area contributed by atoms with Gasteiger partial charge in [0.15, 0.2) is 5.82 Å². The second-order valence-corrected chi connectivity index (χ2v) is 4.38. The average Bonchev–Trinajstić information content (AvgIpc) is 2.46. The fourth-order valence-electron chi connectivity index (χ4n) is 1.93. The van der Waals surface area contributed by atoms with E-state index in [2.05, 4.69) is 9.97 Å². The van der Waals surface area contributed by atoms with E-state index in [1.165, 1.54) is 5.01 Å². The average molecular weight is 271 g/mol. The summed E-state index contributed by atoms with van der Waals surface area (Å²) < 4.78 is 0. The van der Waals surface area contributed by atoms with Gasteiger partial charge in [-0.3, -0.25) is 5.01 Å². The number of nitrogens with zero attached hydrogens (tertiary/aromatic N) is 3. The Morgan fingerprint density at radius 1 is 0.895 bits per heavy atom. The highest BCUT2D eigenvalue weighted by molar-refractivity contribution is 6.28. The molecule has 0 fully saturated rings. The first-order valence-corrected chi connectivity index (χ1v) is 6.15. The Hall–Kier alpha value is -2.17. The van der Waals surface area contributed by atoms with Gasteiger partial charge in [0, 0.05) is 5.39 Å². The van der Waals surface area contributed by atoms with Crippen molar-refractivity contribution in [2.45, 2.75) is 0 Å². The molecule has 19 heavy (non-hydrogen) atoms. The molecule has 4 nitrogen and oxygen atoms in total. The lowest BCUT2D eigenvalue weighted by Crippen LogP contribution is -2.26. The van der Waals surface area contributed by atoms with Crippen molar-refractivity contribution in [3.63, 3.8) is 0 Å². The highest BCUT2D eigenvalue weighted by atomic mass is 35.5. The molecule has 0 saturated carbocycles. The van der Waals surface area contributed by atoms with Gasteiger partial charge >= 0.3 is 0 Å². The number of aromatic nitrogens is 2. The molecule has 0 amide bonds. The first-order valence-electron chi connectivity index (χ1n) is 5.78. The molecule has 2 aromatic carbocycles. The van der Waals surface area contributed by atoms with E-state index in [-0.39, 0.29) is 5.28 Å². The van der Waals surface area contributed by atoms with Crippen LogP contribution in [-0.4, -0.2) is 9.97 Å². The van der Waals surface area contributed by atoms with Crippen molar-refractivity contribution in [3.8, 4) is 0 Å². The molecule has 5 heteroatoms. The summed E-state index contributed by atoms with van der Waals surface area (Å²) >= 11 is 5.95. The van der Waals surface area contributed by atoms with Gasteiger partial charge in [0.05, 0.1) is 11.2 Å². The summed E-state index contributed by atoms with van der Waals surface area (Å²) in [6.07, 6.45) is 0. The molecule has 0 aliphatic heterocycles. The van der Waals surface area contributed by atoms with E-state index in [9.17, 15) is 0 Å². The molecule has 1 heterocycles. The number of nitrogens with two attached hydrogens (primary N) is 1. The van der Waals surface area contributed by atoms with E-state index in [0.29, 0.717) is 5.82 Å². The zero-order valence-corrected chi connectivity index (χ0v) is 10.7. The number of para-hydroxylation sites is 2. The molecule has 0 unspecified atom stereocenters. The van der Waals surface area contributed by atoms with Crippen LogP contribution in [0.2, 0.25) is 5.28 Å². The van der Waals surface area contributed by atoms with Crippen molar-refractivity contribution in [3.05, 3.63) is 59.9 Å². The highest BCUT2D eigenvalue weighted by Gasteiger charge is 2.12. The fourth-order valence-corrected chi connectivity index (χ4v) is 2.10. The van der Waals surface area contributed by atoms with Gasteiger partial charge in [-0.1, -0.05) is 30.3 Å². The van der Waals surface area contributed by atoms with Crippen molar-refractivity contribution in [1.82, 2.24) is 9.97 Å². The zero-order chi connectivity index (χ0) is 13.2. The number of fused-ring (bicyclic) bond motifs is 1. The summed E-state index contributed by atoms with van der Waals surface area (Å²) in [5.41, 5.74) is 1.60. The monoisotopic (exact) mass is 270 g/mol. The molecular formula is C14H11ClN4. The van der Waals surface area contributed by atoms with E-state index < -0.39 is 0 Å². The maximum absolute atomic E-state index is 6.14. The van der Waals surface area contributed by atoms with Crippen LogP contribution in [0.5, 0.6) is 0 Å². The molecule has 3 aromatic rings. The number of anilines is 2. The maximum atomic E-state index is 6.14. The normalized spacial score (nSPS) is 10.6. The molecule has 1 aromatic heterocycles. The van der Waals surface area contributed by atoms with Crippen LogP contribution in [-0.2, 0) is 0 Å². The lowest BCUT2D eigenvalue weighted by molar-refractivity contribution is 1.03. The Labute approximate surface area is 115 Å². The van der Waals surface area contributed by atoms with Gasteiger partial charge in [0.2, 0.25) is 5.28 Å². The first-order chi connectivity index (χ1) is 9.25. The van der Waals surface area contributed by atoms with E-state index >= 15 is 0 Å². The standard InChI is InChI=1S/C14H11ClN4/c15-14-17-12-9-5-4-8-11(12)13(18-14)19(16)10-6-2-1-3-7-10/h1-9H,16H2. The molecule has 0 bridgehead atoms. The lowest BCUT2D eigenvalue weighted by atomic mass is 10.2. The number of rotatable bonds is 2. The second-order valence-electron chi connectivity index (χ2n) is 4.04. The summed E-state index contributed by atoms with van der Waals surface area (Å²) in [6, 6.07) is 17.2.